The Morgan fingerprint density at radius 3 is 2.65 bits per heavy atom. The van der Waals surface area contributed by atoms with E-state index in [1.165, 1.54) is 9.80 Å². The van der Waals surface area contributed by atoms with E-state index >= 15 is 0 Å². The summed E-state index contributed by atoms with van der Waals surface area (Å²) in [6.45, 7) is 0. The highest BCUT2D eigenvalue weighted by Crippen LogP contribution is 2.27. The van der Waals surface area contributed by atoms with Crippen molar-refractivity contribution in [1.29, 1.82) is 0 Å². The zero-order valence-electron chi connectivity index (χ0n) is 11.4. The molecule has 0 aliphatic carbocycles. The van der Waals surface area contributed by atoms with Gasteiger partial charge in [-0.1, -0.05) is 6.07 Å². The molecule has 1 unspecified atom stereocenters. The van der Waals surface area contributed by atoms with Crippen LogP contribution in [0.4, 0.5) is 5.69 Å². The van der Waals surface area contributed by atoms with E-state index in [1.807, 2.05) is 0 Å². The van der Waals surface area contributed by atoms with E-state index in [2.05, 4.69) is 0 Å². The first-order valence-electron chi connectivity index (χ1n) is 6.28. The lowest BCUT2D eigenvalue weighted by Crippen LogP contribution is -2.38. The van der Waals surface area contributed by atoms with Crippen LogP contribution in [0, 0.1) is 0 Å². The van der Waals surface area contributed by atoms with Gasteiger partial charge in [-0.25, -0.2) is 4.79 Å². The van der Waals surface area contributed by atoms with E-state index in [1.54, 1.807) is 38.4 Å². The van der Waals surface area contributed by atoms with Gasteiger partial charge in [0.25, 0.3) is 5.91 Å². The van der Waals surface area contributed by atoms with E-state index in [0.29, 0.717) is 17.7 Å². The van der Waals surface area contributed by atoms with Gasteiger partial charge in [0.1, 0.15) is 6.04 Å². The van der Waals surface area contributed by atoms with Crippen LogP contribution in [-0.4, -0.2) is 47.9 Å². The molecule has 1 N–H and O–H groups in total. The van der Waals surface area contributed by atoms with Gasteiger partial charge in [0, 0.05) is 31.8 Å². The summed E-state index contributed by atoms with van der Waals surface area (Å²) in [4.78, 5) is 37.7. The van der Waals surface area contributed by atoms with Gasteiger partial charge in [0.2, 0.25) is 5.91 Å². The van der Waals surface area contributed by atoms with Gasteiger partial charge in [0.15, 0.2) is 0 Å². The normalized spacial score (nSPS) is 18.2. The summed E-state index contributed by atoms with van der Waals surface area (Å²) in [6.07, 6.45) is 0.503. The van der Waals surface area contributed by atoms with Crippen molar-refractivity contribution in [3.63, 3.8) is 0 Å². The lowest BCUT2D eigenvalue weighted by Gasteiger charge is -2.22. The molecule has 1 aromatic carbocycles. The van der Waals surface area contributed by atoms with E-state index in [-0.39, 0.29) is 18.2 Å². The minimum Gasteiger partial charge on any atom is -0.480 e. The standard InChI is InChI=1S/C14H16N2O4/c1-15(2)13(18)9-4-3-5-10(8-9)16-11(14(19)20)6-7-12(16)17/h3-5,8,11H,6-7H2,1-2H3,(H,19,20). The van der Waals surface area contributed by atoms with Crippen molar-refractivity contribution in [2.24, 2.45) is 0 Å². The van der Waals surface area contributed by atoms with Crippen molar-refractivity contribution in [1.82, 2.24) is 4.90 Å². The molecule has 1 aliphatic rings. The lowest BCUT2D eigenvalue weighted by molar-refractivity contribution is -0.138. The van der Waals surface area contributed by atoms with Crippen molar-refractivity contribution >= 4 is 23.5 Å². The number of hydrogen-bond acceptors (Lipinski definition) is 3. The fourth-order valence-corrected chi connectivity index (χ4v) is 2.29. The highest BCUT2D eigenvalue weighted by atomic mass is 16.4. The number of carbonyl (C=O) groups is 3. The number of anilines is 1. The fourth-order valence-electron chi connectivity index (χ4n) is 2.29. The van der Waals surface area contributed by atoms with Crippen LogP contribution in [0.5, 0.6) is 0 Å². The summed E-state index contributed by atoms with van der Waals surface area (Å²) >= 11 is 0. The number of benzene rings is 1. The minimum atomic E-state index is -1.03. The molecule has 6 nitrogen and oxygen atoms in total. The predicted molar refractivity (Wildman–Crippen MR) is 72.6 cm³/mol. The molecular weight excluding hydrogens is 260 g/mol. The quantitative estimate of drug-likeness (QED) is 0.892. The molecule has 1 fully saturated rings. The topological polar surface area (TPSA) is 77.9 Å². The van der Waals surface area contributed by atoms with E-state index in [4.69, 9.17) is 5.11 Å². The van der Waals surface area contributed by atoms with E-state index in [0.717, 1.165) is 0 Å². The number of aliphatic carboxylic acids is 1. The molecule has 0 bridgehead atoms. The number of hydrogen-bond donors (Lipinski definition) is 1. The number of nitrogens with zero attached hydrogens (tertiary/aromatic N) is 2. The van der Waals surface area contributed by atoms with Crippen molar-refractivity contribution < 1.29 is 19.5 Å². The Kier molecular flexibility index (Phi) is 3.74. The molecule has 1 aromatic rings. The molecule has 0 spiro atoms. The Bertz CT molecular complexity index is 568. The fraction of sp³-hybridized carbons (Fsp3) is 0.357. The number of carbonyl (C=O) groups excluding carboxylic acids is 2. The highest BCUT2D eigenvalue weighted by Gasteiger charge is 2.37. The predicted octanol–water partition coefficient (Wildman–Crippen LogP) is 0.968. The number of rotatable bonds is 3. The minimum absolute atomic E-state index is 0.189. The molecule has 1 atom stereocenters. The third kappa shape index (κ3) is 2.49. The summed E-state index contributed by atoms with van der Waals surface area (Å²) in [6, 6.07) is 5.64. The third-order valence-electron chi connectivity index (χ3n) is 3.27. The second-order valence-corrected chi connectivity index (χ2v) is 4.91. The van der Waals surface area contributed by atoms with Gasteiger partial charge in [-0.3, -0.25) is 14.5 Å². The SMILES string of the molecule is CN(C)C(=O)c1cccc(N2C(=O)CCC2C(=O)O)c1. The van der Waals surface area contributed by atoms with Gasteiger partial charge >= 0.3 is 5.97 Å². The maximum atomic E-state index is 11.9. The summed E-state index contributed by atoms with van der Waals surface area (Å²) < 4.78 is 0. The van der Waals surface area contributed by atoms with Gasteiger partial charge in [-0.2, -0.15) is 0 Å². The Hall–Kier alpha value is -2.37. The largest absolute Gasteiger partial charge is 0.480 e. The van der Waals surface area contributed by atoms with Crippen LogP contribution < -0.4 is 4.90 Å². The summed E-state index contributed by atoms with van der Waals surface area (Å²) in [7, 11) is 3.27. The van der Waals surface area contributed by atoms with Gasteiger partial charge in [-0.15, -0.1) is 0 Å². The molecule has 2 rings (SSSR count). The maximum Gasteiger partial charge on any atom is 0.326 e. The van der Waals surface area contributed by atoms with E-state index in [9.17, 15) is 14.4 Å². The zero-order valence-corrected chi connectivity index (χ0v) is 11.4. The van der Waals surface area contributed by atoms with Crippen LogP contribution in [0.3, 0.4) is 0 Å². The maximum absolute atomic E-state index is 11.9. The van der Waals surface area contributed by atoms with Gasteiger partial charge < -0.3 is 10.0 Å². The number of amides is 2. The Morgan fingerprint density at radius 1 is 1.35 bits per heavy atom. The van der Waals surface area contributed by atoms with Crippen LogP contribution >= 0.6 is 0 Å². The molecule has 0 aromatic heterocycles. The summed E-state index contributed by atoms with van der Waals surface area (Å²) in [5, 5.41) is 9.16. The molecule has 20 heavy (non-hydrogen) atoms. The Balaban J connectivity index is 2.37. The second-order valence-electron chi connectivity index (χ2n) is 4.91. The molecule has 0 radical (unpaired) electrons. The summed E-state index contributed by atoms with van der Waals surface area (Å²) in [5.41, 5.74) is 0.879. The highest BCUT2D eigenvalue weighted by molar-refractivity contribution is 6.03. The van der Waals surface area contributed by atoms with Crippen LogP contribution in [0.1, 0.15) is 23.2 Å². The lowest BCUT2D eigenvalue weighted by atomic mass is 10.1. The van der Waals surface area contributed by atoms with Crippen LogP contribution in [-0.2, 0) is 9.59 Å². The first kappa shape index (κ1) is 14.0. The first-order chi connectivity index (χ1) is 9.41. The number of carboxylic acids is 1. The average Bonchev–Trinajstić information content (AvgIpc) is 2.80. The van der Waals surface area contributed by atoms with Crippen molar-refractivity contribution in [3.05, 3.63) is 29.8 Å². The molecule has 2 amide bonds. The molecule has 1 aliphatic heterocycles. The van der Waals surface area contributed by atoms with Crippen molar-refractivity contribution in [3.8, 4) is 0 Å². The van der Waals surface area contributed by atoms with E-state index < -0.39 is 12.0 Å². The first-order valence-corrected chi connectivity index (χ1v) is 6.28. The van der Waals surface area contributed by atoms with Crippen LogP contribution in [0.25, 0.3) is 0 Å². The second kappa shape index (κ2) is 5.32. The Morgan fingerprint density at radius 2 is 2.05 bits per heavy atom. The third-order valence-corrected chi connectivity index (χ3v) is 3.27. The molecule has 106 valence electrons. The average molecular weight is 276 g/mol. The Labute approximate surface area is 116 Å². The van der Waals surface area contributed by atoms with Crippen molar-refractivity contribution in [2.45, 2.75) is 18.9 Å². The van der Waals surface area contributed by atoms with Crippen LogP contribution in [0.2, 0.25) is 0 Å². The molecule has 1 heterocycles. The van der Waals surface area contributed by atoms with Crippen LogP contribution in [0.15, 0.2) is 24.3 Å². The number of carboxylic acid groups (broad SMARTS) is 1. The molecule has 1 saturated heterocycles. The molecule has 0 saturated carbocycles. The summed E-state index contributed by atoms with van der Waals surface area (Å²) in [5.74, 6) is -1.45. The zero-order chi connectivity index (χ0) is 14.9. The monoisotopic (exact) mass is 276 g/mol. The van der Waals surface area contributed by atoms with Gasteiger partial charge in [-0.05, 0) is 24.6 Å². The molecule has 6 heteroatoms. The van der Waals surface area contributed by atoms with Gasteiger partial charge in [0.05, 0.1) is 0 Å². The smallest absolute Gasteiger partial charge is 0.326 e. The van der Waals surface area contributed by atoms with Crippen molar-refractivity contribution in [2.75, 3.05) is 19.0 Å². The molecular formula is C14H16N2O4.